The molecule has 0 saturated heterocycles. The van der Waals surface area contributed by atoms with Crippen molar-refractivity contribution in [1.29, 1.82) is 0 Å². The first-order valence-electron chi connectivity index (χ1n) is 6.24. The largest absolute Gasteiger partial charge is 0.378 e. The van der Waals surface area contributed by atoms with E-state index in [9.17, 15) is 4.79 Å². The zero-order valence-electron chi connectivity index (χ0n) is 11.8. The molecule has 3 N–H and O–H groups in total. The van der Waals surface area contributed by atoms with Crippen LogP contribution in [0.2, 0.25) is 0 Å². The molecule has 6 heteroatoms. The van der Waals surface area contributed by atoms with Gasteiger partial charge < -0.3 is 16.0 Å². The minimum absolute atomic E-state index is 0.131. The van der Waals surface area contributed by atoms with Crippen molar-refractivity contribution in [3.8, 4) is 0 Å². The molecule has 2 rings (SSSR count). The molecule has 2 aromatic rings. The number of nitrogens with zero attached hydrogens (tertiary/aromatic N) is 2. The van der Waals surface area contributed by atoms with E-state index in [1.165, 1.54) is 11.3 Å². The van der Waals surface area contributed by atoms with Crippen LogP contribution in [0.25, 0.3) is 0 Å². The van der Waals surface area contributed by atoms with Gasteiger partial charge in [0.15, 0.2) is 5.13 Å². The number of nitrogen functional groups attached to an aromatic ring is 1. The van der Waals surface area contributed by atoms with Crippen LogP contribution in [0.4, 0.5) is 10.8 Å². The molecule has 0 saturated carbocycles. The highest BCUT2D eigenvalue weighted by molar-refractivity contribution is 7.17. The minimum Gasteiger partial charge on any atom is -0.378 e. The molecule has 0 atom stereocenters. The number of thiazole rings is 1. The van der Waals surface area contributed by atoms with Crippen LogP contribution in [0.5, 0.6) is 0 Å². The van der Waals surface area contributed by atoms with Gasteiger partial charge in [-0.3, -0.25) is 4.79 Å². The van der Waals surface area contributed by atoms with Crippen molar-refractivity contribution in [3.05, 3.63) is 40.4 Å². The van der Waals surface area contributed by atoms with Crippen molar-refractivity contribution in [2.24, 2.45) is 0 Å². The maximum absolute atomic E-state index is 12.0. The Balaban J connectivity index is 1.98. The molecule has 0 aliphatic carbocycles. The van der Waals surface area contributed by atoms with Crippen molar-refractivity contribution in [3.63, 3.8) is 0 Å². The van der Waals surface area contributed by atoms with Crippen LogP contribution >= 0.6 is 11.3 Å². The predicted octanol–water partition coefficient (Wildman–Crippen LogP) is 2.03. The fraction of sp³-hybridized carbons (Fsp3) is 0.286. The molecule has 0 radical (unpaired) electrons. The lowest BCUT2D eigenvalue weighted by atomic mass is 10.2. The highest BCUT2D eigenvalue weighted by atomic mass is 32.1. The summed E-state index contributed by atoms with van der Waals surface area (Å²) in [6.45, 7) is 2.28. The number of benzene rings is 1. The molecule has 1 amide bonds. The van der Waals surface area contributed by atoms with Crippen LogP contribution in [-0.4, -0.2) is 25.0 Å². The Labute approximate surface area is 122 Å². The summed E-state index contributed by atoms with van der Waals surface area (Å²) >= 11 is 1.21. The Kier molecular flexibility index (Phi) is 4.24. The van der Waals surface area contributed by atoms with Gasteiger partial charge in [-0.2, -0.15) is 0 Å². The SMILES string of the molecule is Cc1nc(N)sc1C(=O)NCc1ccc(N(C)C)cc1. The first-order valence-corrected chi connectivity index (χ1v) is 7.06. The van der Waals surface area contributed by atoms with Gasteiger partial charge in [0.2, 0.25) is 0 Å². The second-order valence-electron chi connectivity index (χ2n) is 4.71. The van der Waals surface area contributed by atoms with Crippen LogP contribution in [0.3, 0.4) is 0 Å². The van der Waals surface area contributed by atoms with Gasteiger partial charge >= 0.3 is 0 Å². The summed E-state index contributed by atoms with van der Waals surface area (Å²) in [7, 11) is 3.99. The molecule has 0 aliphatic rings. The Bertz CT molecular complexity index is 604. The number of carbonyl (C=O) groups excluding carboxylic acids is 1. The Morgan fingerprint density at radius 2 is 2.00 bits per heavy atom. The van der Waals surface area contributed by atoms with Crippen molar-refractivity contribution in [1.82, 2.24) is 10.3 Å². The lowest BCUT2D eigenvalue weighted by molar-refractivity contribution is 0.0954. The monoisotopic (exact) mass is 290 g/mol. The van der Waals surface area contributed by atoms with E-state index in [0.29, 0.717) is 22.2 Å². The summed E-state index contributed by atoms with van der Waals surface area (Å²) in [6, 6.07) is 8.06. The molecular formula is C14H18N4OS. The molecular weight excluding hydrogens is 272 g/mol. The van der Waals surface area contributed by atoms with E-state index in [-0.39, 0.29) is 5.91 Å². The summed E-state index contributed by atoms with van der Waals surface area (Å²) < 4.78 is 0. The van der Waals surface area contributed by atoms with E-state index >= 15 is 0 Å². The molecule has 1 aromatic heterocycles. The van der Waals surface area contributed by atoms with Gasteiger partial charge in [-0.05, 0) is 24.6 Å². The lowest BCUT2D eigenvalue weighted by Crippen LogP contribution is -2.22. The Morgan fingerprint density at radius 1 is 1.35 bits per heavy atom. The van der Waals surface area contributed by atoms with E-state index in [1.807, 2.05) is 43.3 Å². The molecule has 1 aromatic carbocycles. The number of anilines is 2. The quantitative estimate of drug-likeness (QED) is 0.904. The Hall–Kier alpha value is -2.08. The Morgan fingerprint density at radius 3 is 2.50 bits per heavy atom. The predicted molar refractivity (Wildman–Crippen MR) is 83.2 cm³/mol. The van der Waals surface area contributed by atoms with Crippen LogP contribution in [0.1, 0.15) is 20.9 Å². The van der Waals surface area contributed by atoms with Gasteiger partial charge in [-0.15, -0.1) is 0 Å². The highest BCUT2D eigenvalue weighted by Gasteiger charge is 2.13. The van der Waals surface area contributed by atoms with Gasteiger partial charge in [-0.1, -0.05) is 23.5 Å². The maximum Gasteiger partial charge on any atom is 0.263 e. The highest BCUT2D eigenvalue weighted by Crippen LogP contribution is 2.19. The van der Waals surface area contributed by atoms with Gasteiger partial charge in [0.05, 0.1) is 5.69 Å². The zero-order valence-corrected chi connectivity index (χ0v) is 12.6. The number of amides is 1. The average molecular weight is 290 g/mol. The van der Waals surface area contributed by atoms with Crippen molar-refractivity contribution < 1.29 is 4.79 Å². The van der Waals surface area contributed by atoms with Crippen LogP contribution in [0, 0.1) is 6.92 Å². The summed E-state index contributed by atoms with van der Waals surface area (Å²) in [5.41, 5.74) is 8.45. The number of carbonyl (C=O) groups is 1. The third kappa shape index (κ3) is 3.27. The van der Waals surface area contributed by atoms with E-state index in [1.54, 1.807) is 6.92 Å². The summed E-state index contributed by atoms with van der Waals surface area (Å²) in [4.78, 5) is 18.7. The molecule has 5 nitrogen and oxygen atoms in total. The fourth-order valence-corrected chi connectivity index (χ4v) is 2.55. The number of rotatable bonds is 4. The first-order chi connectivity index (χ1) is 9.47. The molecule has 0 spiro atoms. The number of aromatic nitrogens is 1. The first kappa shape index (κ1) is 14.3. The summed E-state index contributed by atoms with van der Waals surface area (Å²) in [6.07, 6.45) is 0. The number of nitrogens with one attached hydrogen (secondary N) is 1. The molecule has 0 fully saturated rings. The van der Waals surface area contributed by atoms with E-state index < -0.39 is 0 Å². The second-order valence-corrected chi connectivity index (χ2v) is 5.74. The van der Waals surface area contributed by atoms with Gasteiger partial charge in [0.1, 0.15) is 4.88 Å². The third-order valence-corrected chi connectivity index (χ3v) is 3.91. The van der Waals surface area contributed by atoms with E-state index in [4.69, 9.17) is 5.73 Å². The molecule has 106 valence electrons. The molecule has 20 heavy (non-hydrogen) atoms. The minimum atomic E-state index is -0.131. The van der Waals surface area contributed by atoms with Gasteiger partial charge in [-0.25, -0.2) is 4.98 Å². The van der Waals surface area contributed by atoms with Crippen molar-refractivity contribution in [2.75, 3.05) is 24.7 Å². The smallest absolute Gasteiger partial charge is 0.263 e. The summed E-state index contributed by atoms with van der Waals surface area (Å²) in [5.74, 6) is -0.131. The topological polar surface area (TPSA) is 71.2 Å². The van der Waals surface area contributed by atoms with Crippen molar-refractivity contribution >= 4 is 28.1 Å². The normalized spacial score (nSPS) is 10.3. The molecule has 0 aliphatic heterocycles. The van der Waals surface area contributed by atoms with Crippen LogP contribution in [0.15, 0.2) is 24.3 Å². The van der Waals surface area contributed by atoms with E-state index in [0.717, 1.165) is 11.3 Å². The number of hydrogen-bond donors (Lipinski definition) is 2. The molecule has 0 bridgehead atoms. The standard InChI is InChI=1S/C14H18N4OS/c1-9-12(20-14(15)17-9)13(19)16-8-10-4-6-11(7-5-10)18(2)3/h4-7H,8H2,1-3H3,(H2,15,17)(H,16,19). The van der Waals surface area contributed by atoms with E-state index in [2.05, 4.69) is 10.3 Å². The molecule has 1 heterocycles. The number of aryl methyl sites for hydroxylation is 1. The summed E-state index contributed by atoms with van der Waals surface area (Å²) in [5, 5.41) is 3.30. The van der Waals surface area contributed by atoms with Crippen molar-refractivity contribution in [2.45, 2.75) is 13.5 Å². The molecule has 0 unspecified atom stereocenters. The lowest BCUT2D eigenvalue weighted by Gasteiger charge is -2.12. The van der Waals surface area contributed by atoms with Gasteiger partial charge in [0.25, 0.3) is 5.91 Å². The fourth-order valence-electron chi connectivity index (χ4n) is 1.80. The zero-order chi connectivity index (χ0) is 14.7. The van der Waals surface area contributed by atoms with Crippen LogP contribution in [-0.2, 0) is 6.54 Å². The maximum atomic E-state index is 12.0. The number of hydrogen-bond acceptors (Lipinski definition) is 5. The van der Waals surface area contributed by atoms with Crippen LogP contribution < -0.4 is 16.0 Å². The second kappa shape index (κ2) is 5.92. The van der Waals surface area contributed by atoms with Gasteiger partial charge in [0, 0.05) is 26.3 Å². The average Bonchev–Trinajstić information content (AvgIpc) is 2.75. The third-order valence-electron chi connectivity index (χ3n) is 2.93. The number of nitrogens with two attached hydrogens (primary N) is 1.